The number of amides is 1. The van der Waals surface area contributed by atoms with E-state index in [4.69, 9.17) is 4.74 Å². The molecule has 0 saturated carbocycles. The van der Waals surface area contributed by atoms with E-state index in [1.54, 1.807) is 24.3 Å². The molecular weight excluding hydrogens is 362 g/mol. The molecule has 7 heteroatoms. The highest BCUT2D eigenvalue weighted by atomic mass is 32.1. The Morgan fingerprint density at radius 2 is 2.00 bits per heavy atom. The fourth-order valence-electron chi connectivity index (χ4n) is 3.04. The summed E-state index contributed by atoms with van der Waals surface area (Å²) in [6, 6.07) is 0. The van der Waals surface area contributed by atoms with Crippen LogP contribution in [0.5, 0.6) is 0 Å². The number of carbonyl (C=O) groups is 2. The standard InChI is InChI=1S/C20H27N3O3S/c1-6-18-22-15(12-27-18)11-21-17(24)10-9-16-13(4)23(7-2)14(5)19(16)20(25)26-8-3/h9-10,12H,6-8,11H2,1-5H3,(H,21,24). The molecule has 0 bridgehead atoms. The van der Waals surface area contributed by atoms with Crippen LogP contribution in [0.25, 0.3) is 6.08 Å². The van der Waals surface area contributed by atoms with Gasteiger partial charge in [-0.3, -0.25) is 4.79 Å². The van der Waals surface area contributed by atoms with E-state index in [2.05, 4.69) is 17.2 Å². The van der Waals surface area contributed by atoms with Crippen molar-refractivity contribution < 1.29 is 14.3 Å². The van der Waals surface area contributed by atoms with Crippen molar-refractivity contribution in [2.75, 3.05) is 6.61 Å². The van der Waals surface area contributed by atoms with Crippen molar-refractivity contribution in [2.24, 2.45) is 0 Å². The lowest BCUT2D eigenvalue weighted by atomic mass is 10.1. The third-order valence-electron chi connectivity index (χ3n) is 4.37. The summed E-state index contributed by atoms with van der Waals surface area (Å²) in [5, 5.41) is 5.84. The lowest BCUT2D eigenvalue weighted by Gasteiger charge is -2.05. The first kappa shape index (κ1) is 20.9. The topological polar surface area (TPSA) is 73.2 Å². The van der Waals surface area contributed by atoms with Gasteiger partial charge in [0.2, 0.25) is 5.91 Å². The summed E-state index contributed by atoms with van der Waals surface area (Å²) in [5.41, 5.74) is 3.89. The van der Waals surface area contributed by atoms with E-state index in [1.807, 2.05) is 30.7 Å². The van der Waals surface area contributed by atoms with Crippen LogP contribution in [-0.4, -0.2) is 28.0 Å². The van der Waals surface area contributed by atoms with Crippen LogP contribution in [-0.2, 0) is 29.0 Å². The maximum Gasteiger partial charge on any atom is 0.340 e. The Kier molecular flexibility index (Phi) is 7.36. The molecule has 0 atom stereocenters. The number of hydrogen-bond acceptors (Lipinski definition) is 5. The predicted octanol–water partition coefficient (Wildman–Crippen LogP) is 3.65. The molecule has 146 valence electrons. The number of rotatable bonds is 8. The van der Waals surface area contributed by atoms with Crippen LogP contribution in [0.1, 0.15) is 58.8 Å². The molecule has 0 spiro atoms. The molecule has 0 aliphatic rings. The zero-order valence-corrected chi connectivity index (χ0v) is 17.4. The zero-order valence-electron chi connectivity index (χ0n) is 16.6. The van der Waals surface area contributed by atoms with Crippen LogP contribution in [0.2, 0.25) is 0 Å². The maximum atomic E-state index is 12.4. The average Bonchev–Trinajstić information content (AvgIpc) is 3.20. The fourth-order valence-corrected chi connectivity index (χ4v) is 3.78. The Bertz CT molecular complexity index is 849. The second kappa shape index (κ2) is 9.50. The number of esters is 1. The van der Waals surface area contributed by atoms with Crippen LogP contribution in [0.15, 0.2) is 11.5 Å². The van der Waals surface area contributed by atoms with Crippen molar-refractivity contribution >= 4 is 29.3 Å². The maximum absolute atomic E-state index is 12.4. The van der Waals surface area contributed by atoms with Crippen molar-refractivity contribution in [1.82, 2.24) is 14.9 Å². The number of aryl methyl sites for hydroxylation is 1. The average molecular weight is 390 g/mol. The van der Waals surface area contributed by atoms with Crippen molar-refractivity contribution in [1.29, 1.82) is 0 Å². The van der Waals surface area contributed by atoms with Crippen molar-refractivity contribution in [3.8, 4) is 0 Å². The number of hydrogen-bond donors (Lipinski definition) is 1. The van der Waals surface area contributed by atoms with Crippen LogP contribution in [0.4, 0.5) is 0 Å². The lowest BCUT2D eigenvalue weighted by Crippen LogP contribution is -2.20. The van der Waals surface area contributed by atoms with E-state index in [1.165, 1.54) is 6.08 Å². The second-order valence-electron chi connectivity index (χ2n) is 6.06. The Morgan fingerprint density at radius 3 is 2.59 bits per heavy atom. The summed E-state index contributed by atoms with van der Waals surface area (Å²) in [7, 11) is 0. The van der Waals surface area contributed by atoms with Gasteiger partial charge in [-0.25, -0.2) is 9.78 Å². The molecule has 0 aliphatic heterocycles. The van der Waals surface area contributed by atoms with Gasteiger partial charge >= 0.3 is 5.97 Å². The normalized spacial score (nSPS) is 11.1. The molecule has 6 nitrogen and oxygen atoms in total. The second-order valence-corrected chi connectivity index (χ2v) is 7.00. The van der Waals surface area contributed by atoms with E-state index in [0.29, 0.717) is 18.7 Å². The quantitative estimate of drug-likeness (QED) is 0.552. The van der Waals surface area contributed by atoms with Gasteiger partial charge in [-0.05, 0) is 40.2 Å². The molecule has 0 aliphatic carbocycles. The van der Waals surface area contributed by atoms with E-state index in [-0.39, 0.29) is 11.9 Å². The van der Waals surface area contributed by atoms with Gasteiger partial charge in [0.1, 0.15) is 0 Å². The van der Waals surface area contributed by atoms with Gasteiger partial charge in [-0.2, -0.15) is 0 Å². The lowest BCUT2D eigenvalue weighted by molar-refractivity contribution is -0.116. The number of nitrogens with zero attached hydrogens (tertiary/aromatic N) is 2. The Hall–Kier alpha value is -2.41. The summed E-state index contributed by atoms with van der Waals surface area (Å²) in [4.78, 5) is 29.0. The molecule has 2 aromatic heterocycles. The van der Waals surface area contributed by atoms with Crippen LogP contribution in [0, 0.1) is 13.8 Å². The van der Waals surface area contributed by atoms with Gasteiger partial charge in [0.05, 0.1) is 29.4 Å². The highest BCUT2D eigenvalue weighted by Gasteiger charge is 2.22. The van der Waals surface area contributed by atoms with Crippen LogP contribution in [0.3, 0.4) is 0 Å². The van der Waals surface area contributed by atoms with Gasteiger partial charge < -0.3 is 14.6 Å². The fraction of sp³-hybridized carbons (Fsp3) is 0.450. The minimum absolute atomic E-state index is 0.225. The third kappa shape index (κ3) is 4.86. The van der Waals surface area contributed by atoms with Crippen molar-refractivity contribution in [3.05, 3.63) is 44.7 Å². The summed E-state index contributed by atoms with van der Waals surface area (Å²) in [5.74, 6) is -0.586. The van der Waals surface area contributed by atoms with Gasteiger partial charge in [-0.1, -0.05) is 6.92 Å². The van der Waals surface area contributed by atoms with E-state index in [0.717, 1.165) is 40.6 Å². The highest BCUT2D eigenvalue weighted by molar-refractivity contribution is 7.09. The van der Waals surface area contributed by atoms with Gasteiger partial charge in [0.15, 0.2) is 0 Å². The first-order chi connectivity index (χ1) is 12.9. The predicted molar refractivity (Wildman–Crippen MR) is 108 cm³/mol. The van der Waals surface area contributed by atoms with Gasteiger partial charge in [-0.15, -0.1) is 11.3 Å². The van der Waals surface area contributed by atoms with Crippen LogP contribution < -0.4 is 5.32 Å². The highest BCUT2D eigenvalue weighted by Crippen LogP contribution is 2.25. The summed E-state index contributed by atoms with van der Waals surface area (Å²) >= 11 is 1.60. The minimum atomic E-state index is -0.361. The van der Waals surface area contributed by atoms with Crippen molar-refractivity contribution in [2.45, 2.75) is 54.1 Å². The van der Waals surface area contributed by atoms with Gasteiger partial charge in [0, 0.05) is 35.0 Å². The van der Waals surface area contributed by atoms with E-state index in [9.17, 15) is 9.59 Å². The number of carbonyl (C=O) groups excluding carboxylic acids is 2. The minimum Gasteiger partial charge on any atom is -0.462 e. The monoisotopic (exact) mass is 389 g/mol. The van der Waals surface area contributed by atoms with E-state index >= 15 is 0 Å². The molecule has 0 saturated heterocycles. The zero-order chi connectivity index (χ0) is 20.0. The molecule has 2 rings (SSSR count). The molecule has 0 aromatic carbocycles. The van der Waals surface area contributed by atoms with Crippen molar-refractivity contribution in [3.63, 3.8) is 0 Å². The number of nitrogens with one attached hydrogen (secondary N) is 1. The van der Waals surface area contributed by atoms with Gasteiger partial charge in [0.25, 0.3) is 0 Å². The third-order valence-corrected chi connectivity index (χ3v) is 5.42. The molecule has 1 amide bonds. The number of ether oxygens (including phenoxy) is 1. The first-order valence-corrected chi connectivity index (χ1v) is 10.1. The molecular formula is C20H27N3O3S. The first-order valence-electron chi connectivity index (χ1n) is 9.18. The smallest absolute Gasteiger partial charge is 0.340 e. The largest absolute Gasteiger partial charge is 0.462 e. The number of thiazole rings is 1. The molecule has 27 heavy (non-hydrogen) atoms. The Morgan fingerprint density at radius 1 is 1.26 bits per heavy atom. The number of aromatic nitrogens is 2. The Labute approximate surface area is 164 Å². The van der Waals surface area contributed by atoms with Crippen LogP contribution >= 0.6 is 11.3 Å². The van der Waals surface area contributed by atoms with E-state index < -0.39 is 0 Å². The molecule has 1 N–H and O–H groups in total. The molecule has 2 heterocycles. The molecule has 0 unspecified atom stereocenters. The Balaban J connectivity index is 2.16. The summed E-state index contributed by atoms with van der Waals surface area (Å²) in [6.07, 6.45) is 4.04. The molecule has 2 aromatic rings. The molecule has 0 radical (unpaired) electrons. The summed E-state index contributed by atoms with van der Waals surface area (Å²) < 4.78 is 7.24. The molecule has 0 fully saturated rings. The summed E-state index contributed by atoms with van der Waals surface area (Å²) in [6.45, 7) is 11.1. The SMILES string of the molecule is CCOC(=O)c1c(C=CC(=O)NCc2csc(CC)n2)c(C)n(CC)c1C.